The number of hydrogen-bond acceptors (Lipinski definition) is 6. The van der Waals surface area contributed by atoms with Gasteiger partial charge in [-0.15, -0.1) is 0 Å². The van der Waals surface area contributed by atoms with Crippen molar-refractivity contribution < 1.29 is 29.3 Å². The number of carbonyl (C=O) groups excluding carboxylic acids is 2. The Kier molecular flexibility index (Phi) is 6.19. The highest BCUT2D eigenvalue weighted by Gasteiger charge is 2.45. The Morgan fingerprint density at radius 3 is 2.59 bits per heavy atom. The van der Waals surface area contributed by atoms with Crippen LogP contribution < -0.4 is 4.74 Å². The number of hydrogen-bond donors (Lipinski definition) is 2. The number of amides is 1. The number of ketones is 1. The van der Waals surface area contributed by atoms with Crippen molar-refractivity contribution >= 4 is 17.4 Å². The first-order chi connectivity index (χ1) is 14.0. The third-order valence-electron chi connectivity index (χ3n) is 4.68. The van der Waals surface area contributed by atoms with Crippen molar-refractivity contribution in [3.8, 4) is 11.5 Å². The molecule has 3 rings (SSSR count). The van der Waals surface area contributed by atoms with Crippen LogP contribution in [0.4, 0.5) is 0 Å². The first-order valence-electron chi connectivity index (χ1n) is 9.27. The summed E-state index contributed by atoms with van der Waals surface area (Å²) in [5.74, 6) is -1.26. The minimum Gasteiger partial charge on any atom is -0.508 e. The summed E-state index contributed by atoms with van der Waals surface area (Å²) in [6.45, 7) is 2.68. The molecule has 0 saturated carbocycles. The van der Waals surface area contributed by atoms with Crippen molar-refractivity contribution in [2.75, 3.05) is 26.9 Å². The Morgan fingerprint density at radius 2 is 1.90 bits per heavy atom. The maximum Gasteiger partial charge on any atom is 0.295 e. The smallest absolute Gasteiger partial charge is 0.295 e. The zero-order chi connectivity index (χ0) is 21.0. The highest BCUT2D eigenvalue weighted by molar-refractivity contribution is 6.46. The van der Waals surface area contributed by atoms with Crippen LogP contribution in [0, 0.1) is 0 Å². The summed E-state index contributed by atoms with van der Waals surface area (Å²) < 4.78 is 10.5. The van der Waals surface area contributed by atoms with Crippen molar-refractivity contribution in [3.05, 3.63) is 65.2 Å². The lowest BCUT2D eigenvalue weighted by Gasteiger charge is -2.25. The number of aliphatic hydroxyl groups is 1. The molecule has 0 aliphatic carbocycles. The van der Waals surface area contributed by atoms with E-state index in [4.69, 9.17) is 9.47 Å². The zero-order valence-corrected chi connectivity index (χ0v) is 16.3. The SMILES string of the molecule is CCOc1cccc(/C(O)=C2\C(=O)C(=O)N(CCOC)C2c2cccc(O)c2)c1. The third-order valence-corrected chi connectivity index (χ3v) is 4.68. The third kappa shape index (κ3) is 4.09. The molecule has 1 amide bonds. The molecular weight excluding hydrogens is 374 g/mol. The number of Topliss-reactive ketones (excluding diaryl/α,β-unsaturated/α-hetero) is 1. The highest BCUT2D eigenvalue weighted by Crippen LogP contribution is 2.40. The second kappa shape index (κ2) is 8.79. The lowest BCUT2D eigenvalue weighted by Crippen LogP contribution is -2.32. The van der Waals surface area contributed by atoms with E-state index < -0.39 is 17.7 Å². The molecule has 0 bridgehead atoms. The first kappa shape index (κ1) is 20.4. The van der Waals surface area contributed by atoms with E-state index in [0.717, 1.165) is 0 Å². The number of phenolic OH excluding ortho intramolecular Hbond substituents is 1. The van der Waals surface area contributed by atoms with E-state index in [-0.39, 0.29) is 30.2 Å². The molecule has 1 aliphatic rings. The fourth-order valence-electron chi connectivity index (χ4n) is 3.40. The van der Waals surface area contributed by atoms with Crippen molar-refractivity contribution in [1.82, 2.24) is 4.90 Å². The quantitative estimate of drug-likeness (QED) is 0.424. The van der Waals surface area contributed by atoms with Crippen molar-refractivity contribution in [2.45, 2.75) is 13.0 Å². The van der Waals surface area contributed by atoms with Crippen LogP contribution in [0.5, 0.6) is 11.5 Å². The van der Waals surface area contributed by atoms with E-state index in [0.29, 0.717) is 23.5 Å². The summed E-state index contributed by atoms with van der Waals surface area (Å²) >= 11 is 0. The van der Waals surface area contributed by atoms with E-state index in [9.17, 15) is 19.8 Å². The van der Waals surface area contributed by atoms with Crippen molar-refractivity contribution in [1.29, 1.82) is 0 Å². The topological polar surface area (TPSA) is 96.3 Å². The molecule has 152 valence electrons. The number of aliphatic hydroxyl groups excluding tert-OH is 1. The fourth-order valence-corrected chi connectivity index (χ4v) is 3.40. The molecule has 0 aromatic heterocycles. The highest BCUT2D eigenvalue weighted by atomic mass is 16.5. The summed E-state index contributed by atoms with van der Waals surface area (Å²) in [7, 11) is 1.50. The van der Waals surface area contributed by atoms with E-state index in [1.54, 1.807) is 36.4 Å². The number of methoxy groups -OCH3 is 1. The molecule has 7 heteroatoms. The van der Waals surface area contributed by atoms with Crippen LogP contribution in [0.15, 0.2) is 54.1 Å². The Bertz CT molecular complexity index is 952. The number of likely N-dealkylation sites (tertiary alicyclic amines) is 1. The van der Waals surface area contributed by atoms with Gasteiger partial charge in [-0.3, -0.25) is 9.59 Å². The standard InChI is InChI=1S/C22H23NO6/c1-3-29-17-9-5-7-15(13-17)20(25)18-19(14-6-4-8-16(24)12-14)23(10-11-28-2)22(27)21(18)26/h4-9,12-13,19,24-25H,3,10-11H2,1-2H3/b20-18+. The number of phenols is 1. The molecule has 1 unspecified atom stereocenters. The molecular formula is C22H23NO6. The molecule has 0 spiro atoms. The number of aromatic hydroxyl groups is 1. The molecule has 7 nitrogen and oxygen atoms in total. The Hall–Kier alpha value is -3.32. The second-order valence-corrected chi connectivity index (χ2v) is 6.54. The molecule has 2 aromatic rings. The summed E-state index contributed by atoms with van der Waals surface area (Å²) in [6.07, 6.45) is 0. The van der Waals surface area contributed by atoms with Gasteiger partial charge in [0.15, 0.2) is 0 Å². The summed E-state index contributed by atoms with van der Waals surface area (Å²) in [6, 6.07) is 12.1. The van der Waals surface area contributed by atoms with Gasteiger partial charge in [-0.05, 0) is 36.8 Å². The average Bonchev–Trinajstić information content (AvgIpc) is 2.97. The molecule has 29 heavy (non-hydrogen) atoms. The average molecular weight is 397 g/mol. The van der Waals surface area contributed by atoms with Crippen molar-refractivity contribution in [2.24, 2.45) is 0 Å². The fraction of sp³-hybridized carbons (Fsp3) is 0.273. The molecule has 1 fully saturated rings. The number of benzene rings is 2. The summed E-state index contributed by atoms with van der Waals surface area (Å²) in [5, 5.41) is 20.9. The van der Waals surface area contributed by atoms with Gasteiger partial charge in [0, 0.05) is 19.2 Å². The second-order valence-electron chi connectivity index (χ2n) is 6.54. The van der Waals surface area contributed by atoms with Gasteiger partial charge in [-0.1, -0.05) is 24.3 Å². The van der Waals surface area contributed by atoms with Crippen LogP contribution in [0.2, 0.25) is 0 Å². The largest absolute Gasteiger partial charge is 0.508 e. The number of nitrogens with zero attached hydrogens (tertiary/aromatic N) is 1. The van der Waals surface area contributed by atoms with Gasteiger partial charge in [0.1, 0.15) is 17.3 Å². The van der Waals surface area contributed by atoms with Crippen LogP contribution in [-0.4, -0.2) is 53.7 Å². The number of carbonyl (C=O) groups is 2. The minimum atomic E-state index is -0.840. The minimum absolute atomic E-state index is 0.00169. The lowest BCUT2D eigenvalue weighted by molar-refractivity contribution is -0.140. The maximum absolute atomic E-state index is 12.8. The van der Waals surface area contributed by atoms with Gasteiger partial charge in [-0.25, -0.2) is 0 Å². The van der Waals surface area contributed by atoms with Gasteiger partial charge < -0.3 is 24.6 Å². The Labute approximate surface area is 168 Å². The van der Waals surface area contributed by atoms with Crippen LogP contribution in [0.25, 0.3) is 5.76 Å². The molecule has 2 N–H and O–H groups in total. The van der Waals surface area contributed by atoms with Crippen LogP contribution in [-0.2, 0) is 14.3 Å². The number of rotatable bonds is 7. The summed E-state index contributed by atoms with van der Waals surface area (Å²) in [5.41, 5.74) is 0.846. The van der Waals surface area contributed by atoms with E-state index in [1.807, 2.05) is 6.92 Å². The molecule has 1 heterocycles. The molecule has 1 saturated heterocycles. The van der Waals surface area contributed by atoms with Crippen LogP contribution >= 0.6 is 0 Å². The predicted molar refractivity (Wildman–Crippen MR) is 107 cm³/mol. The normalized spacial score (nSPS) is 18.3. The number of ether oxygens (including phenoxy) is 2. The van der Waals surface area contributed by atoms with Gasteiger partial charge in [-0.2, -0.15) is 0 Å². The lowest BCUT2D eigenvalue weighted by atomic mass is 9.95. The monoisotopic (exact) mass is 397 g/mol. The molecule has 1 aliphatic heterocycles. The zero-order valence-electron chi connectivity index (χ0n) is 16.3. The van der Waals surface area contributed by atoms with Gasteiger partial charge in [0.05, 0.1) is 24.8 Å². The van der Waals surface area contributed by atoms with Crippen molar-refractivity contribution in [3.63, 3.8) is 0 Å². The van der Waals surface area contributed by atoms with Crippen LogP contribution in [0.1, 0.15) is 24.1 Å². The molecule has 2 aromatic carbocycles. The Balaban J connectivity index is 2.15. The summed E-state index contributed by atoms with van der Waals surface area (Å²) in [4.78, 5) is 26.9. The van der Waals surface area contributed by atoms with Gasteiger partial charge in [0.25, 0.3) is 11.7 Å². The predicted octanol–water partition coefficient (Wildman–Crippen LogP) is 2.86. The molecule has 0 radical (unpaired) electrons. The van der Waals surface area contributed by atoms with E-state index in [1.165, 1.54) is 24.1 Å². The van der Waals surface area contributed by atoms with E-state index in [2.05, 4.69) is 0 Å². The molecule has 1 atom stereocenters. The van der Waals surface area contributed by atoms with E-state index >= 15 is 0 Å². The van der Waals surface area contributed by atoms with Gasteiger partial charge in [0.2, 0.25) is 0 Å². The Morgan fingerprint density at radius 1 is 1.14 bits per heavy atom. The van der Waals surface area contributed by atoms with Gasteiger partial charge >= 0.3 is 0 Å². The first-order valence-corrected chi connectivity index (χ1v) is 9.27. The van der Waals surface area contributed by atoms with Crippen LogP contribution in [0.3, 0.4) is 0 Å². The maximum atomic E-state index is 12.8.